The van der Waals surface area contributed by atoms with Gasteiger partial charge in [0.2, 0.25) is 0 Å². The van der Waals surface area contributed by atoms with Gasteiger partial charge in [-0.2, -0.15) is 5.10 Å². The van der Waals surface area contributed by atoms with Crippen LogP contribution in [0.15, 0.2) is 41.5 Å². The highest BCUT2D eigenvalue weighted by atomic mass is 16.5. The fourth-order valence-electron chi connectivity index (χ4n) is 3.03. The SMILES string of the molecule is CC/C=C/CCN(C(=O)NCc1cccc(OC)c1)[C@@H](C)C1CC(N)=NN1. The highest BCUT2D eigenvalue weighted by molar-refractivity contribution is 5.82. The number of amides is 2. The van der Waals surface area contributed by atoms with E-state index in [2.05, 4.69) is 34.9 Å². The number of ether oxygens (including phenoxy) is 1. The molecule has 1 aromatic carbocycles. The molecule has 0 aliphatic carbocycles. The molecule has 148 valence electrons. The second-order valence-electron chi connectivity index (χ2n) is 6.66. The molecule has 1 unspecified atom stereocenters. The second kappa shape index (κ2) is 10.4. The van der Waals surface area contributed by atoms with Crippen LogP contribution >= 0.6 is 0 Å². The van der Waals surface area contributed by atoms with Crippen molar-refractivity contribution in [2.75, 3.05) is 13.7 Å². The maximum absolute atomic E-state index is 12.9. The molecule has 0 fully saturated rings. The van der Waals surface area contributed by atoms with E-state index in [0.717, 1.165) is 24.2 Å². The Morgan fingerprint density at radius 2 is 2.33 bits per heavy atom. The minimum absolute atomic E-state index is 0.0303. The number of nitrogens with one attached hydrogen (secondary N) is 2. The molecule has 0 saturated heterocycles. The molecule has 0 radical (unpaired) electrons. The monoisotopic (exact) mass is 373 g/mol. The second-order valence-corrected chi connectivity index (χ2v) is 6.66. The fraction of sp³-hybridized carbons (Fsp3) is 0.500. The molecule has 7 heteroatoms. The Hall–Kier alpha value is -2.70. The molecule has 2 rings (SSSR count). The lowest BCUT2D eigenvalue weighted by Crippen LogP contribution is -2.52. The highest BCUT2D eigenvalue weighted by Gasteiger charge is 2.30. The zero-order valence-corrected chi connectivity index (χ0v) is 16.4. The van der Waals surface area contributed by atoms with Gasteiger partial charge < -0.3 is 26.1 Å². The number of urea groups is 1. The Bertz CT molecular complexity index is 674. The van der Waals surface area contributed by atoms with Crippen molar-refractivity contribution >= 4 is 11.9 Å². The number of rotatable bonds is 9. The van der Waals surface area contributed by atoms with E-state index in [0.29, 0.717) is 25.3 Å². The van der Waals surface area contributed by atoms with Gasteiger partial charge in [-0.3, -0.25) is 0 Å². The topological polar surface area (TPSA) is 92.0 Å². The van der Waals surface area contributed by atoms with E-state index in [1.165, 1.54) is 0 Å². The summed E-state index contributed by atoms with van der Waals surface area (Å²) < 4.78 is 5.24. The minimum Gasteiger partial charge on any atom is -0.497 e. The number of allylic oxidation sites excluding steroid dienone is 1. The van der Waals surface area contributed by atoms with E-state index < -0.39 is 0 Å². The summed E-state index contributed by atoms with van der Waals surface area (Å²) in [5.41, 5.74) is 9.82. The first-order chi connectivity index (χ1) is 13.0. The third-order valence-corrected chi connectivity index (χ3v) is 4.65. The van der Waals surface area contributed by atoms with Gasteiger partial charge in [0, 0.05) is 19.5 Å². The van der Waals surface area contributed by atoms with Crippen LogP contribution in [0.1, 0.15) is 38.7 Å². The van der Waals surface area contributed by atoms with E-state index in [9.17, 15) is 4.79 Å². The number of amidine groups is 1. The summed E-state index contributed by atoms with van der Waals surface area (Å²) in [6.07, 6.45) is 6.68. The Labute approximate surface area is 161 Å². The van der Waals surface area contributed by atoms with E-state index in [1.807, 2.05) is 36.1 Å². The predicted molar refractivity (Wildman–Crippen MR) is 109 cm³/mol. The van der Waals surface area contributed by atoms with Gasteiger partial charge in [-0.15, -0.1) is 0 Å². The van der Waals surface area contributed by atoms with Crippen molar-refractivity contribution in [3.63, 3.8) is 0 Å². The maximum Gasteiger partial charge on any atom is 0.317 e. The van der Waals surface area contributed by atoms with Crippen LogP contribution in [0.3, 0.4) is 0 Å². The van der Waals surface area contributed by atoms with Crippen molar-refractivity contribution in [3.05, 3.63) is 42.0 Å². The van der Waals surface area contributed by atoms with Crippen molar-refractivity contribution in [1.29, 1.82) is 0 Å². The number of carbonyl (C=O) groups is 1. The Morgan fingerprint density at radius 3 is 3.00 bits per heavy atom. The van der Waals surface area contributed by atoms with Crippen LogP contribution in [0.4, 0.5) is 4.79 Å². The molecular formula is C20H31N5O2. The quantitative estimate of drug-likeness (QED) is 0.580. The van der Waals surface area contributed by atoms with Gasteiger partial charge in [-0.25, -0.2) is 4.79 Å². The van der Waals surface area contributed by atoms with Gasteiger partial charge in [0.1, 0.15) is 11.6 Å². The molecule has 1 aliphatic heterocycles. The summed E-state index contributed by atoms with van der Waals surface area (Å²) in [5.74, 6) is 1.36. The molecule has 2 atom stereocenters. The third kappa shape index (κ3) is 6.20. The molecule has 2 amide bonds. The normalized spacial score (nSPS) is 17.3. The standard InChI is InChI=1S/C20H31N5O2/c1-4-5-6-7-11-25(15(2)18-13-19(21)24-23-18)20(26)22-14-16-9-8-10-17(12-16)27-3/h5-6,8-10,12,15,18,23H,4,7,11,13-14H2,1-3H3,(H2,21,24)(H,22,26)/b6-5+/t15-,18?/m0/s1. The van der Waals surface area contributed by atoms with Crippen molar-refractivity contribution in [1.82, 2.24) is 15.6 Å². The number of methoxy groups -OCH3 is 1. The molecule has 0 aromatic heterocycles. The van der Waals surface area contributed by atoms with E-state index in [1.54, 1.807) is 7.11 Å². The summed E-state index contributed by atoms with van der Waals surface area (Å²) in [6.45, 7) is 5.21. The predicted octanol–water partition coefficient (Wildman–Crippen LogP) is 2.59. The lowest BCUT2D eigenvalue weighted by molar-refractivity contribution is 0.166. The number of hydrazone groups is 1. The van der Waals surface area contributed by atoms with Crippen LogP contribution in [0.25, 0.3) is 0 Å². The molecule has 1 heterocycles. The molecule has 7 nitrogen and oxygen atoms in total. The summed E-state index contributed by atoms with van der Waals surface area (Å²) in [7, 11) is 1.63. The van der Waals surface area contributed by atoms with Gasteiger partial charge in [-0.05, 0) is 37.5 Å². The van der Waals surface area contributed by atoms with E-state index in [-0.39, 0.29) is 18.1 Å². The molecule has 1 aromatic rings. The van der Waals surface area contributed by atoms with Crippen LogP contribution in [0.2, 0.25) is 0 Å². The summed E-state index contributed by atoms with van der Waals surface area (Å²) >= 11 is 0. The molecule has 4 N–H and O–H groups in total. The Kier molecular flexibility index (Phi) is 7.98. The first-order valence-electron chi connectivity index (χ1n) is 9.45. The first kappa shape index (κ1) is 20.6. The first-order valence-corrected chi connectivity index (χ1v) is 9.45. The minimum atomic E-state index is -0.0949. The van der Waals surface area contributed by atoms with Crippen molar-refractivity contribution in [2.45, 2.75) is 51.7 Å². The number of nitrogens with two attached hydrogens (primary N) is 1. The zero-order valence-electron chi connectivity index (χ0n) is 16.4. The van der Waals surface area contributed by atoms with Crippen LogP contribution in [0.5, 0.6) is 5.75 Å². The Balaban J connectivity index is 1.99. The number of benzene rings is 1. The largest absolute Gasteiger partial charge is 0.497 e. The zero-order chi connectivity index (χ0) is 19.6. The van der Waals surface area contributed by atoms with Crippen LogP contribution in [-0.2, 0) is 6.54 Å². The molecule has 27 heavy (non-hydrogen) atoms. The number of hydrogen-bond donors (Lipinski definition) is 3. The van der Waals surface area contributed by atoms with Gasteiger partial charge in [0.15, 0.2) is 0 Å². The van der Waals surface area contributed by atoms with Gasteiger partial charge in [-0.1, -0.05) is 31.2 Å². The molecule has 0 spiro atoms. The highest BCUT2D eigenvalue weighted by Crippen LogP contribution is 2.15. The van der Waals surface area contributed by atoms with E-state index >= 15 is 0 Å². The Morgan fingerprint density at radius 1 is 1.52 bits per heavy atom. The van der Waals surface area contributed by atoms with Gasteiger partial charge in [0.05, 0.1) is 19.2 Å². The summed E-state index contributed by atoms with van der Waals surface area (Å²) in [6, 6.07) is 7.59. The van der Waals surface area contributed by atoms with Crippen LogP contribution in [-0.4, -0.2) is 42.5 Å². The van der Waals surface area contributed by atoms with Gasteiger partial charge >= 0.3 is 6.03 Å². The fourth-order valence-corrected chi connectivity index (χ4v) is 3.03. The lowest BCUT2D eigenvalue weighted by atomic mass is 10.1. The number of hydrogen-bond acceptors (Lipinski definition) is 5. The van der Waals surface area contributed by atoms with Crippen LogP contribution in [0, 0.1) is 0 Å². The third-order valence-electron chi connectivity index (χ3n) is 4.65. The average molecular weight is 374 g/mol. The summed E-state index contributed by atoms with van der Waals surface area (Å²) in [4.78, 5) is 14.7. The molecule has 0 saturated carbocycles. The molecule has 1 aliphatic rings. The van der Waals surface area contributed by atoms with Gasteiger partial charge in [0.25, 0.3) is 0 Å². The van der Waals surface area contributed by atoms with Crippen molar-refractivity contribution in [3.8, 4) is 5.75 Å². The summed E-state index contributed by atoms with van der Waals surface area (Å²) in [5, 5.41) is 7.08. The maximum atomic E-state index is 12.9. The number of carbonyl (C=O) groups excluding carboxylic acids is 1. The van der Waals surface area contributed by atoms with Crippen LogP contribution < -0.4 is 21.2 Å². The molecule has 0 bridgehead atoms. The average Bonchev–Trinajstić information content (AvgIpc) is 3.12. The van der Waals surface area contributed by atoms with E-state index in [4.69, 9.17) is 10.5 Å². The molecular weight excluding hydrogens is 342 g/mol. The smallest absolute Gasteiger partial charge is 0.317 e. The lowest BCUT2D eigenvalue weighted by Gasteiger charge is -2.32. The van der Waals surface area contributed by atoms with Crippen molar-refractivity contribution < 1.29 is 9.53 Å². The number of nitrogens with zero attached hydrogens (tertiary/aromatic N) is 2. The van der Waals surface area contributed by atoms with Crippen molar-refractivity contribution in [2.24, 2.45) is 10.8 Å².